The molecule has 0 bridgehead atoms. The summed E-state index contributed by atoms with van der Waals surface area (Å²) in [4.78, 5) is 45.2. The van der Waals surface area contributed by atoms with Gasteiger partial charge in [-0.25, -0.2) is 9.18 Å². The topological polar surface area (TPSA) is 79.3 Å². The third-order valence-electron chi connectivity index (χ3n) is 4.62. The standard InChI is InChI=1S/C21H20FN3O4/c1-3-24(4-2)18(26)13-25-17-12-8-6-10-15(17)19(20(25)27)23-29-21(28)14-9-5-7-11-16(14)22/h5-12H,3-4,13H2,1-2H3. The summed E-state index contributed by atoms with van der Waals surface area (Å²) < 4.78 is 13.7. The van der Waals surface area contributed by atoms with Gasteiger partial charge in [-0.2, -0.15) is 0 Å². The summed E-state index contributed by atoms with van der Waals surface area (Å²) >= 11 is 0. The summed E-state index contributed by atoms with van der Waals surface area (Å²) in [5, 5.41) is 3.69. The van der Waals surface area contributed by atoms with Gasteiger partial charge in [-0.05, 0) is 32.0 Å². The number of hydrogen-bond acceptors (Lipinski definition) is 5. The van der Waals surface area contributed by atoms with Gasteiger partial charge in [0.05, 0.1) is 11.3 Å². The fourth-order valence-corrected chi connectivity index (χ4v) is 3.08. The monoisotopic (exact) mass is 397 g/mol. The van der Waals surface area contributed by atoms with Crippen molar-refractivity contribution in [3.05, 3.63) is 65.5 Å². The first-order chi connectivity index (χ1) is 14.0. The number of halogens is 1. The highest BCUT2D eigenvalue weighted by Crippen LogP contribution is 2.29. The van der Waals surface area contributed by atoms with Crippen LogP contribution in [0.4, 0.5) is 10.1 Å². The summed E-state index contributed by atoms with van der Waals surface area (Å²) in [6.07, 6.45) is 0. The second kappa shape index (κ2) is 8.64. The molecule has 0 unspecified atom stereocenters. The van der Waals surface area contributed by atoms with E-state index >= 15 is 0 Å². The van der Waals surface area contributed by atoms with E-state index in [0.29, 0.717) is 24.3 Å². The highest BCUT2D eigenvalue weighted by molar-refractivity contribution is 6.54. The molecule has 2 aromatic rings. The van der Waals surface area contributed by atoms with Crippen LogP contribution >= 0.6 is 0 Å². The van der Waals surface area contributed by atoms with Gasteiger partial charge in [-0.15, -0.1) is 0 Å². The van der Waals surface area contributed by atoms with Gasteiger partial charge >= 0.3 is 5.97 Å². The molecule has 2 aromatic carbocycles. The molecule has 0 saturated carbocycles. The number of likely N-dealkylation sites (N-methyl/N-ethyl adjacent to an activating group) is 1. The van der Waals surface area contributed by atoms with E-state index in [1.165, 1.54) is 23.1 Å². The molecule has 29 heavy (non-hydrogen) atoms. The van der Waals surface area contributed by atoms with Crippen molar-refractivity contribution in [3.63, 3.8) is 0 Å². The van der Waals surface area contributed by atoms with E-state index in [-0.39, 0.29) is 23.7 Å². The van der Waals surface area contributed by atoms with E-state index in [4.69, 9.17) is 4.84 Å². The molecule has 0 saturated heterocycles. The SMILES string of the molecule is CCN(CC)C(=O)CN1C(=O)C(=NOC(=O)c2ccccc2F)c2ccccc21. The molecule has 1 aliphatic rings. The van der Waals surface area contributed by atoms with Crippen LogP contribution in [0.25, 0.3) is 0 Å². The normalized spacial score (nSPS) is 14.1. The maximum absolute atomic E-state index is 13.7. The van der Waals surface area contributed by atoms with E-state index in [2.05, 4.69) is 5.16 Å². The van der Waals surface area contributed by atoms with Crippen LogP contribution in [0.2, 0.25) is 0 Å². The van der Waals surface area contributed by atoms with E-state index in [9.17, 15) is 18.8 Å². The Hall–Kier alpha value is -3.55. The third kappa shape index (κ3) is 4.01. The zero-order valence-electron chi connectivity index (χ0n) is 16.1. The predicted molar refractivity (Wildman–Crippen MR) is 105 cm³/mol. The number of amides is 2. The largest absolute Gasteiger partial charge is 0.368 e. The van der Waals surface area contributed by atoms with Gasteiger partial charge in [0.25, 0.3) is 5.91 Å². The van der Waals surface area contributed by atoms with Gasteiger partial charge in [0.15, 0.2) is 5.71 Å². The van der Waals surface area contributed by atoms with Gasteiger partial charge in [-0.1, -0.05) is 35.5 Å². The van der Waals surface area contributed by atoms with Gasteiger partial charge in [0.1, 0.15) is 12.4 Å². The van der Waals surface area contributed by atoms with Crippen LogP contribution in [0.3, 0.4) is 0 Å². The number of carbonyl (C=O) groups excluding carboxylic acids is 3. The Morgan fingerprint density at radius 1 is 1.07 bits per heavy atom. The predicted octanol–water partition coefficient (Wildman–Crippen LogP) is 2.60. The van der Waals surface area contributed by atoms with E-state index < -0.39 is 17.7 Å². The zero-order valence-corrected chi connectivity index (χ0v) is 16.1. The second-order valence-electron chi connectivity index (χ2n) is 6.27. The maximum Gasteiger partial charge on any atom is 0.368 e. The highest BCUT2D eigenvalue weighted by Gasteiger charge is 2.36. The summed E-state index contributed by atoms with van der Waals surface area (Å²) in [6, 6.07) is 12.1. The average Bonchev–Trinajstić information content (AvgIpc) is 2.99. The molecule has 0 aromatic heterocycles. The lowest BCUT2D eigenvalue weighted by molar-refractivity contribution is -0.130. The molecular formula is C21H20FN3O4. The molecule has 2 amide bonds. The minimum absolute atomic E-state index is 0.113. The van der Waals surface area contributed by atoms with Crippen LogP contribution in [-0.4, -0.2) is 48.0 Å². The quantitative estimate of drug-likeness (QED) is 0.554. The number of fused-ring (bicyclic) bond motifs is 1. The summed E-state index contributed by atoms with van der Waals surface area (Å²) in [5.74, 6) is -2.53. The molecule has 3 rings (SSSR count). The van der Waals surface area contributed by atoms with E-state index in [0.717, 1.165) is 6.07 Å². The van der Waals surface area contributed by atoms with Crippen LogP contribution in [0.5, 0.6) is 0 Å². The van der Waals surface area contributed by atoms with Crippen molar-refractivity contribution in [1.82, 2.24) is 4.90 Å². The Balaban J connectivity index is 1.86. The molecule has 7 nitrogen and oxygen atoms in total. The molecule has 8 heteroatoms. The molecule has 0 N–H and O–H groups in total. The number of carbonyl (C=O) groups is 3. The Kier molecular flexibility index (Phi) is 6.01. The fourth-order valence-electron chi connectivity index (χ4n) is 3.08. The van der Waals surface area contributed by atoms with Gasteiger partial charge in [0.2, 0.25) is 5.91 Å². The van der Waals surface area contributed by atoms with Crippen LogP contribution < -0.4 is 4.90 Å². The molecule has 0 radical (unpaired) electrons. The third-order valence-corrected chi connectivity index (χ3v) is 4.62. The van der Waals surface area contributed by atoms with Crippen LogP contribution in [0.1, 0.15) is 29.8 Å². The molecular weight excluding hydrogens is 377 g/mol. The Morgan fingerprint density at radius 2 is 1.72 bits per heavy atom. The van der Waals surface area contributed by atoms with E-state index in [1.54, 1.807) is 29.2 Å². The smallest absolute Gasteiger partial charge is 0.342 e. The number of rotatable bonds is 6. The fraction of sp³-hybridized carbons (Fsp3) is 0.238. The highest BCUT2D eigenvalue weighted by atomic mass is 19.1. The van der Waals surface area contributed by atoms with Crippen LogP contribution in [0.15, 0.2) is 53.7 Å². The minimum Gasteiger partial charge on any atom is -0.342 e. The van der Waals surface area contributed by atoms with Crippen molar-refractivity contribution >= 4 is 29.2 Å². The number of anilines is 1. The van der Waals surface area contributed by atoms with Crippen molar-refractivity contribution in [2.24, 2.45) is 5.16 Å². The van der Waals surface area contributed by atoms with Crippen molar-refractivity contribution in [1.29, 1.82) is 0 Å². The molecule has 1 aliphatic heterocycles. The number of nitrogens with zero attached hydrogens (tertiary/aromatic N) is 3. The van der Waals surface area contributed by atoms with Crippen molar-refractivity contribution in [3.8, 4) is 0 Å². The Bertz CT molecular complexity index is 985. The van der Waals surface area contributed by atoms with Crippen LogP contribution in [-0.2, 0) is 14.4 Å². The maximum atomic E-state index is 13.7. The summed E-state index contributed by atoms with van der Waals surface area (Å²) in [7, 11) is 0. The first-order valence-corrected chi connectivity index (χ1v) is 9.20. The van der Waals surface area contributed by atoms with E-state index in [1.807, 2.05) is 13.8 Å². The summed E-state index contributed by atoms with van der Waals surface area (Å²) in [6.45, 7) is 4.62. The van der Waals surface area contributed by atoms with Gasteiger partial charge in [0, 0.05) is 18.7 Å². The molecule has 0 aliphatic carbocycles. The number of hydrogen-bond donors (Lipinski definition) is 0. The number of para-hydroxylation sites is 1. The van der Waals surface area contributed by atoms with Crippen LogP contribution in [0, 0.1) is 5.82 Å². The van der Waals surface area contributed by atoms with Crippen molar-refractivity contribution in [2.75, 3.05) is 24.5 Å². The number of benzene rings is 2. The lowest BCUT2D eigenvalue weighted by Gasteiger charge is -2.23. The van der Waals surface area contributed by atoms with Crippen molar-refractivity contribution in [2.45, 2.75) is 13.8 Å². The minimum atomic E-state index is -1.02. The summed E-state index contributed by atoms with van der Waals surface area (Å²) in [5.41, 5.74) is 0.534. The molecule has 0 fully saturated rings. The Labute approximate surface area is 167 Å². The average molecular weight is 397 g/mol. The number of oxime groups is 1. The molecule has 1 heterocycles. The molecule has 150 valence electrons. The zero-order chi connectivity index (χ0) is 21.0. The molecule has 0 atom stereocenters. The first-order valence-electron chi connectivity index (χ1n) is 9.20. The molecule has 0 spiro atoms. The van der Waals surface area contributed by atoms with Crippen molar-refractivity contribution < 1.29 is 23.6 Å². The second-order valence-corrected chi connectivity index (χ2v) is 6.27. The lowest BCUT2D eigenvalue weighted by Crippen LogP contribution is -2.42. The van der Waals surface area contributed by atoms with Gasteiger partial charge < -0.3 is 9.74 Å². The lowest BCUT2D eigenvalue weighted by atomic mass is 10.1. The Morgan fingerprint density at radius 3 is 2.41 bits per heavy atom. The van der Waals surface area contributed by atoms with Gasteiger partial charge in [-0.3, -0.25) is 14.5 Å². The first kappa shape index (κ1) is 20.2.